The average molecular weight is 533 g/mol. The van der Waals surface area contributed by atoms with Gasteiger partial charge in [-0.1, -0.05) is 0 Å². The number of rotatable bonds is 4. The van der Waals surface area contributed by atoms with Gasteiger partial charge in [-0.25, -0.2) is 4.79 Å². The van der Waals surface area contributed by atoms with E-state index in [1.54, 1.807) is 16.7 Å². The summed E-state index contributed by atoms with van der Waals surface area (Å²) in [5.74, 6) is 0.347. The molecule has 0 atom stereocenters. The van der Waals surface area contributed by atoms with E-state index >= 15 is 0 Å². The highest BCUT2D eigenvalue weighted by molar-refractivity contribution is 6.15. The molecule has 10 heteroatoms. The van der Waals surface area contributed by atoms with Crippen LogP contribution in [0.4, 0.5) is 16.2 Å². The molecule has 0 unspecified atom stereocenters. The third-order valence-electron chi connectivity index (χ3n) is 6.93. The summed E-state index contributed by atoms with van der Waals surface area (Å²) in [7, 11) is 3.46. The van der Waals surface area contributed by atoms with Gasteiger partial charge in [0.25, 0.3) is 5.91 Å². The minimum absolute atomic E-state index is 0.232. The molecule has 10 nitrogen and oxygen atoms in total. The first kappa shape index (κ1) is 26.4. The van der Waals surface area contributed by atoms with Crippen LogP contribution in [0.15, 0.2) is 30.5 Å². The minimum atomic E-state index is -0.522. The van der Waals surface area contributed by atoms with Crippen LogP contribution in [-0.2, 0) is 11.8 Å². The summed E-state index contributed by atoms with van der Waals surface area (Å²) in [5, 5.41) is 9.39. The zero-order valence-corrected chi connectivity index (χ0v) is 23.6. The van der Waals surface area contributed by atoms with Crippen molar-refractivity contribution in [3.8, 4) is 5.75 Å². The molecule has 206 valence electrons. The Morgan fingerprint density at radius 2 is 1.77 bits per heavy atom. The van der Waals surface area contributed by atoms with Gasteiger partial charge in [-0.15, -0.1) is 0 Å². The fraction of sp³-hybridized carbons (Fsp3) is 0.414. The van der Waals surface area contributed by atoms with Gasteiger partial charge in [-0.2, -0.15) is 5.10 Å². The monoisotopic (exact) mass is 532 g/mol. The van der Waals surface area contributed by atoms with Gasteiger partial charge >= 0.3 is 6.09 Å². The van der Waals surface area contributed by atoms with E-state index in [4.69, 9.17) is 9.47 Å². The summed E-state index contributed by atoms with van der Waals surface area (Å²) in [6.07, 6.45) is 1.60. The molecular weight excluding hydrogens is 496 g/mol. The lowest BCUT2D eigenvalue weighted by Gasteiger charge is -2.37. The number of methoxy groups -OCH3 is 1. The molecule has 39 heavy (non-hydrogen) atoms. The summed E-state index contributed by atoms with van der Waals surface area (Å²) in [4.78, 5) is 33.5. The number of nitrogens with zero attached hydrogens (tertiary/aromatic N) is 4. The number of carbonyl (C=O) groups excluding carboxylic acids is 2. The Morgan fingerprint density at radius 3 is 2.44 bits per heavy atom. The molecule has 0 spiro atoms. The van der Waals surface area contributed by atoms with E-state index in [0.29, 0.717) is 43.2 Å². The van der Waals surface area contributed by atoms with E-state index in [1.807, 2.05) is 66.1 Å². The summed E-state index contributed by atoms with van der Waals surface area (Å²) < 4.78 is 13.0. The number of nitrogens with one attached hydrogen (secondary N) is 2. The Balaban J connectivity index is 1.40. The number of amides is 2. The van der Waals surface area contributed by atoms with Crippen LogP contribution in [0.5, 0.6) is 5.75 Å². The maximum Gasteiger partial charge on any atom is 0.410 e. The second-order valence-corrected chi connectivity index (χ2v) is 11.1. The molecule has 2 N–H and O–H groups in total. The highest BCUT2D eigenvalue weighted by Crippen LogP contribution is 2.37. The van der Waals surface area contributed by atoms with Crippen LogP contribution in [-0.4, -0.2) is 70.6 Å². The lowest BCUT2D eigenvalue weighted by atomic mass is 10.1. The van der Waals surface area contributed by atoms with Crippen LogP contribution < -0.4 is 15.0 Å². The topological polar surface area (TPSA) is 105 Å². The summed E-state index contributed by atoms with van der Waals surface area (Å²) in [5.41, 5.74) is 5.17. The van der Waals surface area contributed by atoms with Gasteiger partial charge in [0.2, 0.25) is 0 Å². The molecule has 0 bridgehead atoms. The third kappa shape index (κ3) is 5.10. The molecule has 5 rings (SSSR count). The molecule has 2 amide bonds. The number of hydrogen-bond acceptors (Lipinski definition) is 6. The average Bonchev–Trinajstić information content (AvgIpc) is 3.45. The molecule has 1 aliphatic heterocycles. The molecule has 4 aromatic rings. The number of anilines is 2. The van der Waals surface area contributed by atoms with Crippen molar-refractivity contribution in [2.75, 3.05) is 43.5 Å². The molecule has 3 heterocycles. The van der Waals surface area contributed by atoms with Crippen molar-refractivity contribution in [2.45, 2.75) is 40.2 Å². The van der Waals surface area contributed by atoms with E-state index in [1.165, 1.54) is 0 Å². The van der Waals surface area contributed by atoms with Crippen molar-refractivity contribution in [2.24, 2.45) is 7.05 Å². The zero-order valence-electron chi connectivity index (χ0n) is 23.6. The maximum absolute atomic E-state index is 13.6. The molecule has 2 aromatic heterocycles. The van der Waals surface area contributed by atoms with Crippen LogP contribution in [0.25, 0.3) is 21.8 Å². The van der Waals surface area contributed by atoms with Crippen molar-refractivity contribution in [1.29, 1.82) is 0 Å². The van der Waals surface area contributed by atoms with Gasteiger partial charge in [0, 0.05) is 56.2 Å². The molecule has 0 saturated carbocycles. The fourth-order valence-corrected chi connectivity index (χ4v) is 5.20. The number of H-pyrrole nitrogens is 1. The Hall–Kier alpha value is -4.21. The largest absolute Gasteiger partial charge is 0.494 e. The Morgan fingerprint density at radius 1 is 1.05 bits per heavy atom. The maximum atomic E-state index is 13.6. The number of piperazine rings is 1. The SMILES string of the molecule is COc1c(NC(=O)c2ccc(N3CCN(C(=O)OC(C)(C)C)CC3)c3cc(C)[nH]c23)cc(C)c2nn(C)cc12. The van der Waals surface area contributed by atoms with Crippen molar-refractivity contribution in [3.05, 3.63) is 47.3 Å². The minimum Gasteiger partial charge on any atom is -0.494 e. The smallest absolute Gasteiger partial charge is 0.410 e. The number of aromatic amines is 1. The Bertz CT molecular complexity index is 1570. The molecule has 2 aromatic carbocycles. The summed E-state index contributed by atoms with van der Waals surface area (Å²) in [6, 6.07) is 7.79. The second kappa shape index (κ2) is 9.83. The van der Waals surface area contributed by atoms with Crippen molar-refractivity contribution in [3.63, 3.8) is 0 Å². The van der Waals surface area contributed by atoms with Crippen molar-refractivity contribution in [1.82, 2.24) is 19.7 Å². The standard InChI is InChI=1S/C29H36N6O4/c1-17-14-22(26(38-7)21-16-33(6)32-24(17)21)31-27(36)19-8-9-23(20-15-18(2)30-25(19)20)34-10-12-35(13-11-34)28(37)39-29(3,4)5/h8-9,14-16,30H,10-13H2,1-7H3,(H,31,36). The van der Waals surface area contributed by atoms with Crippen molar-refractivity contribution >= 4 is 45.2 Å². The zero-order chi connectivity index (χ0) is 28.1. The van der Waals surface area contributed by atoms with Gasteiger partial charge in [-0.3, -0.25) is 9.48 Å². The number of aromatic nitrogens is 3. The molecule has 0 aliphatic carbocycles. The number of aryl methyl sites for hydroxylation is 3. The first-order valence-electron chi connectivity index (χ1n) is 13.1. The molecule has 1 saturated heterocycles. The lowest BCUT2D eigenvalue weighted by Crippen LogP contribution is -2.50. The van der Waals surface area contributed by atoms with Crippen LogP contribution >= 0.6 is 0 Å². The molecule has 1 fully saturated rings. The Kier molecular flexibility index (Phi) is 6.65. The number of hydrogen-bond donors (Lipinski definition) is 2. The third-order valence-corrected chi connectivity index (χ3v) is 6.93. The van der Waals surface area contributed by atoms with Gasteiger partial charge in [0.05, 0.1) is 34.8 Å². The van der Waals surface area contributed by atoms with E-state index in [2.05, 4.69) is 26.4 Å². The summed E-state index contributed by atoms with van der Waals surface area (Å²) in [6.45, 7) is 12.0. The normalized spacial score (nSPS) is 14.2. The highest BCUT2D eigenvalue weighted by atomic mass is 16.6. The highest BCUT2D eigenvalue weighted by Gasteiger charge is 2.27. The number of ether oxygens (including phenoxy) is 2. The van der Waals surface area contributed by atoms with Crippen molar-refractivity contribution < 1.29 is 19.1 Å². The first-order valence-corrected chi connectivity index (χ1v) is 13.1. The Labute approximate surface area is 227 Å². The predicted octanol–water partition coefficient (Wildman–Crippen LogP) is 4.99. The van der Waals surface area contributed by atoms with Crippen LogP contribution in [0.2, 0.25) is 0 Å². The van der Waals surface area contributed by atoms with Crippen LogP contribution in [0, 0.1) is 13.8 Å². The van der Waals surface area contributed by atoms with E-state index in [0.717, 1.165) is 38.8 Å². The number of benzene rings is 2. The van der Waals surface area contributed by atoms with Gasteiger partial charge < -0.3 is 29.6 Å². The molecule has 1 aliphatic rings. The molecular formula is C29H36N6O4. The number of fused-ring (bicyclic) bond motifs is 2. The van der Waals surface area contributed by atoms with Crippen LogP contribution in [0.3, 0.4) is 0 Å². The lowest BCUT2D eigenvalue weighted by molar-refractivity contribution is 0.0240. The van der Waals surface area contributed by atoms with E-state index in [9.17, 15) is 9.59 Å². The van der Waals surface area contributed by atoms with E-state index in [-0.39, 0.29) is 12.0 Å². The van der Waals surface area contributed by atoms with Gasteiger partial charge in [0.15, 0.2) is 5.75 Å². The van der Waals surface area contributed by atoms with Gasteiger partial charge in [0.1, 0.15) is 5.60 Å². The second-order valence-electron chi connectivity index (χ2n) is 11.1. The fourth-order valence-electron chi connectivity index (χ4n) is 5.20. The number of carbonyl (C=O) groups is 2. The van der Waals surface area contributed by atoms with Gasteiger partial charge in [-0.05, 0) is 64.4 Å². The summed E-state index contributed by atoms with van der Waals surface area (Å²) >= 11 is 0. The quantitative estimate of drug-likeness (QED) is 0.384. The molecule has 0 radical (unpaired) electrons. The predicted molar refractivity (Wildman–Crippen MR) is 153 cm³/mol. The van der Waals surface area contributed by atoms with E-state index < -0.39 is 5.60 Å². The van der Waals surface area contributed by atoms with Crippen LogP contribution in [0.1, 0.15) is 42.4 Å². The first-order chi connectivity index (χ1) is 18.4.